The van der Waals surface area contributed by atoms with E-state index in [1.165, 1.54) is 0 Å². The third kappa shape index (κ3) is 1.88. The molecule has 0 aromatic carbocycles. The predicted octanol–water partition coefficient (Wildman–Crippen LogP) is 1.91. The van der Waals surface area contributed by atoms with Crippen molar-refractivity contribution in [1.29, 1.82) is 0 Å². The summed E-state index contributed by atoms with van der Waals surface area (Å²) >= 11 is 1.56. The van der Waals surface area contributed by atoms with Gasteiger partial charge in [0.25, 0.3) is 0 Å². The highest BCUT2D eigenvalue weighted by Gasteiger charge is 2.00. The van der Waals surface area contributed by atoms with Crippen molar-refractivity contribution in [3.8, 4) is 0 Å². The van der Waals surface area contributed by atoms with Crippen LogP contribution in [-0.2, 0) is 0 Å². The van der Waals surface area contributed by atoms with Crippen LogP contribution >= 0.6 is 11.3 Å². The summed E-state index contributed by atoms with van der Waals surface area (Å²) in [5.41, 5.74) is 0.906. The van der Waals surface area contributed by atoms with Crippen LogP contribution < -0.4 is 0 Å². The fourth-order valence-corrected chi connectivity index (χ4v) is 1.76. The van der Waals surface area contributed by atoms with Crippen LogP contribution in [0.25, 0.3) is 10.2 Å². The molecule has 0 aliphatic carbocycles. The van der Waals surface area contributed by atoms with Crippen molar-refractivity contribution in [2.24, 2.45) is 4.99 Å². The number of hydrogen-bond acceptors (Lipinski definition) is 4. The van der Waals surface area contributed by atoms with Gasteiger partial charge in [-0.2, -0.15) is 0 Å². The van der Waals surface area contributed by atoms with Crippen molar-refractivity contribution >= 4 is 33.0 Å². The van der Waals surface area contributed by atoms with Crippen LogP contribution in [0.5, 0.6) is 0 Å². The van der Waals surface area contributed by atoms with Gasteiger partial charge in [-0.25, -0.2) is 9.98 Å². The minimum Gasteiger partial charge on any atom is -0.369 e. The first-order valence-corrected chi connectivity index (χ1v) is 4.98. The molecule has 0 aliphatic heterocycles. The van der Waals surface area contributed by atoms with Gasteiger partial charge in [-0.05, 0) is 6.07 Å². The van der Waals surface area contributed by atoms with Crippen LogP contribution in [-0.4, -0.2) is 35.3 Å². The van der Waals surface area contributed by atoms with Crippen LogP contribution in [0.15, 0.2) is 23.5 Å². The van der Waals surface area contributed by atoms with Gasteiger partial charge in [-0.1, -0.05) is 11.3 Å². The number of aromatic nitrogens is 2. The molecular weight excluding hydrogens is 196 g/mol. The van der Waals surface area contributed by atoms with Gasteiger partial charge in [0.1, 0.15) is 5.52 Å². The van der Waals surface area contributed by atoms with E-state index in [1.807, 2.05) is 25.1 Å². The van der Waals surface area contributed by atoms with Crippen molar-refractivity contribution < 1.29 is 0 Å². The molecule has 2 aromatic rings. The average molecular weight is 206 g/mol. The average Bonchev–Trinajstić information content (AvgIpc) is 2.57. The fraction of sp³-hybridized carbons (Fsp3) is 0.222. The number of nitrogens with zero attached hydrogens (tertiary/aromatic N) is 4. The Morgan fingerprint density at radius 3 is 3.07 bits per heavy atom. The molecule has 4 nitrogen and oxygen atoms in total. The molecule has 72 valence electrons. The van der Waals surface area contributed by atoms with E-state index in [1.54, 1.807) is 30.1 Å². The molecule has 2 heterocycles. The summed E-state index contributed by atoms with van der Waals surface area (Å²) in [7, 11) is 3.86. The van der Waals surface area contributed by atoms with Crippen molar-refractivity contribution in [1.82, 2.24) is 14.9 Å². The van der Waals surface area contributed by atoms with Crippen molar-refractivity contribution in [2.75, 3.05) is 14.1 Å². The second-order valence-corrected chi connectivity index (χ2v) is 4.06. The highest BCUT2D eigenvalue weighted by molar-refractivity contribution is 7.21. The minimum absolute atomic E-state index is 0.765. The molecule has 2 aromatic heterocycles. The van der Waals surface area contributed by atoms with Gasteiger partial charge in [0.05, 0.1) is 17.2 Å². The van der Waals surface area contributed by atoms with Gasteiger partial charge in [-0.3, -0.25) is 4.98 Å². The zero-order valence-electron chi connectivity index (χ0n) is 8.01. The largest absolute Gasteiger partial charge is 0.369 e. The molecule has 0 saturated carbocycles. The maximum atomic E-state index is 4.32. The first kappa shape index (κ1) is 9.08. The molecule has 0 saturated heterocycles. The number of pyridine rings is 1. The van der Waals surface area contributed by atoms with E-state index in [9.17, 15) is 0 Å². The lowest BCUT2D eigenvalue weighted by Crippen LogP contribution is -2.06. The SMILES string of the molecule is CN(C)/C=N/c1nc2cnccc2s1. The maximum Gasteiger partial charge on any atom is 0.211 e. The topological polar surface area (TPSA) is 41.4 Å². The lowest BCUT2D eigenvalue weighted by atomic mass is 10.5. The van der Waals surface area contributed by atoms with Crippen LogP contribution in [0.4, 0.5) is 5.13 Å². The maximum absolute atomic E-state index is 4.32. The summed E-state index contributed by atoms with van der Waals surface area (Å²) in [5, 5.41) is 0.765. The Balaban J connectivity index is 2.36. The zero-order valence-corrected chi connectivity index (χ0v) is 8.82. The quantitative estimate of drug-likeness (QED) is 0.556. The zero-order chi connectivity index (χ0) is 9.97. The summed E-state index contributed by atoms with van der Waals surface area (Å²) in [6, 6.07) is 1.95. The van der Waals surface area contributed by atoms with Crippen molar-refractivity contribution in [3.63, 3.8) is 0 Å². The first-order valence-electron chi connectivity index (χ1n) is 4.17. The molecular formula is C9H10N4S. The van der Waals surface area contributed by atoms with Gasteiger partial charge >= 0.3 is 0 Å². The molecule has 0 amide bonds. The molecule has 0 atom stereocenters. The Morgan fingerprint density at radius 1 is 1.50 bits per heavy atom. The second kappa shape index (κ2) is 3.71. The Kier molecular flexibility index (Phi) is 2.41. The molecule has 0 bridgehead atoms. The van der Waals surface area contributed by atoms with Gasteiger partial charge in [0, 0.05) is 20.3 Å². The van der Waals surface area contributed by atoms with E-state index >= 15 is 0 Å². The minimum atomic E-state index is 0.765. The summed E-state index contributed by atoms with van der Waals surface area (Å²) in [6.07, 6.45) is 5.26. The van der Waals surface area contributed by atoms with Gasteiger partial charge in [0.15, 0.2) is 0 Å². The van der Waals surface area contributed by atoms with E-state index < -0.39 is 0 Å². The van der Waals surface area contributed by atoms with Gasteiger partial charge < -0.3 is 4.90 Å². The van der Waals surface area contributed by atoms with E-state index in [-0.39, 0.29) is 0 Å². The van der Waals surface area contributed by atoms with Gasteiger partial charge in [0.2, 0.25) is 5.13 Å². The molecule has 0 N–H and O–H groups in total. The van der Waals surface area contributed by atoms with Crippen molar-refractivity contribution in [3.05, 3.63) is 18.5 Å². The van der Waals surface area contributed by atoms with Crippen LogP contribution in [0.2, 0.25) is 0 Å². The summed E-state index contributed by atoms with van der Waals surface area (Å²) < 4.78 is 1.12. The van der Waals surface area contributed by atoms with E-state index in [0.29, 0.717) is 0 Å². The smallest absolute Gasteiger partial charge is 0.211 e. The number of rotatable bonds is 2. The van der Waals surface area contributed by atoms with E-state index in [2.05, 4.69) is 15.0 Å². The third-order valence-electron chi connectivity index (χ3n) is 1.58. The fourth-order valence-electron chi connectivity index (χ4n) is 0.988. The summed E-state index contributed by atoms with van der Waals surface area (Å²) in [5.74, 6) is 0. The first-order chi connectivity index (χ1) is 6.75. The van der Waals surface area contributed by atoms with Gasteiger partial charge in [-0.15, -0.1) is 0 Å². The lowest BCUT2D eigenvalue weighted by Gasteiger charge is -1.99. The lowest BCUT2D eigenvalue weighted by molar-refractivity contribution is 0.643. The van der Waals surface area contributed by atoms with Crippen molar-refractivity contribution in [2.45, 2.75) is 0 Å². The Bertz CT molecular complexity index is 428. The number of thiazole rings is 1. The summed E-state index contributed by atoms with van der Waals surface area (Å²) in [4.78, 5) is 14.4. The number of aliphatic imine (C=N–C) groups is 1. The third-order valence-corrected chi connectivity index (χ3v) is 2.52. The number of fused-ring (bicyclic) bond motifs is 1. The Morgan fingerprint density at radius 2 is 2.36 bits per heavy atom. The van der Waals surface area contributed by atoms with Crippen LogP contribution in [0.3, 0.4) is 0 Å². The van der Waals surface area contributed by atoms with E-state index in [4.69, 9.17) is 0 Å². The molecule has 0 unspecified atom stereocenters. The molecule has 0 spiro atoms. The van der Waals surface area contributed by atoms with Crippen LogP contribution in [0, 0.1) is 0 Å². The highest BCUT2D eigenvalue weighted by atomic mass is 32.1. The summed E-state index contributed by atoms with van der Waals surface area (Å²) in [6.45, 7) is 0. The normalized spacial score (nSPS) is 11.3. The molecule has 14 heavy (non-hydrogen) atoms. The molecule has 0 aliphatic rings. The monoisotopic (exact) mass is 206 g/mol. The van der Waals surface area contributed by atoms with Crippen LogP contribution in [0.1, 0.15) is 0 Å². The second-order valence-electron chi connectivity index (χ2n) is 3.05. The predicted molar refractivity (Wildman–Crippen MR) is 59.3 cm³/mol. The number of hydrogen-bond donors (Lipinski definition) is 0. The highest BCUT2D eigenvalue weighted by Crippen LogP contribution is 2.26. The Hall–Kier alpha value is -1.49. The van der Waals surface area contributed by atoms with E-state index in [0.717, 1.165) is 15.3 Å². The molecule has 0 fully saturated rings. The molecule has 5 heteroatoms. The molecule has 0 radical (unpaired) electrons. The Labute approximate surface area is 85.9 Å². The molecule has 2 rings (SSSR count). The standard InChI is InChI=1S/C9H10N4S/c1-13(2)6-11-9-12-7-5-10-4-3-8(7)14-9/h3-6H,1-2H3/b11-6+.